The molecule has 0 fully saturated rings. The first-order chi connectivity index (χ1) is 8.29. The van der Waals surface area contributed by atoms with E-state index in [2.05, 4.69) is 0 Å². The first-order valence-corrected chi connectivity index (χ1v) is 5.61. The van der Waals surface area contributed by atoms with E-state index in [-0.39, 0.29) is 0 Å². The molecule has 2 aromatic carbocycles. The van der Waals surface area contributed by atoms with E-state index in [0.717, 1.165) is 5.56 Å². The second kappa shape index (κ2) is 5.48. The molecule has 0 heterocycles. The van der Waals surface area contributed by atoms with Crippen molar-refractivity contribution in [1.82, 2.24) is 0 Å². The Labute approximate surface area is 101 Å². The monoisotopic (exact) mass is 230 g/mol. The van der Waals surface area contributed by atoms with Crippen LogP contribution in [0, 0.1) is 0 Å². The lowest BCUT2D eigenvalue weighted by Gasteiger charge is -2.10. The van der Waals surface area contributed by atoms with Crippen molar-refractivity contribution in [3.63, 3.8) is 0 Å². The smallest absolute Gasteiger partial charge is 0.129 e. The van der Waals surface area contributed by atoms with Crippen molar-refractivity contribution in [1.29, 1.82) is 0 Å². The number of benzene rings is 2. The van der Waals surface area contributed by atoms with Crippen LogP contribution in [0.1, 0.15) is 17.3 Å². The van der Waals surface area contributed by atoms with Crippen LogP contribution in [0.3, 0.4) is 0 Å². The fourth-order valence-corrected chi connectivity index (χ4v) is 1.78. The minimum absolute atomic E-state index is 0.397. The molecule has 88 valence electrons. The summed E-state index contributed by atoms with van der Waals surface area (Å²) in [6.45, 7) is 0. The van der Waals surface area contributed by atoms with Crippen LogP contribution in [0.15, 0.2) is 54.6 Å². The maximum Gasteiger partial charge on any atom is 0.129 e. The van der Waals surface area contributed by atoms with Gasteiger partial charge in [0, 0.05) is 6.42 Å². The minimum Gasteiger partial charge on any atom is -0.497 e. The SMILES string of the molecule is COc1cccc(C(F)Cc2ccccc2)c1. The Balaban J connectivity index is 2.11. The molecule has 1 nitrogen and oxygen atoms in total. The molecule has 0 spiro atoms. The van der Waals surface area contributed by atoms with Gasteiger partial charge in [0.05, 0.1) is 7.11 Å². The van der Waals surface area contributed by atoms with Crippen LogP contribution in [0.4, 0.5) is 4.39 Å². The van der Waals surface area contributed by atoms with Crippen LogP contribution in [-0.4, -0.2) is 7.11 Å². The normalized spacial score (nSPS) is 12.1. The molecule has 1 unspecified atom stereocenters. The molecule has 0 saturated carbocycles. The number of rotatable bonds is 4. The zero-order valence-electron chi connectivity index (χ0n) is 9.77. The Kier molecular flexibility index (Phi) is 3.76. The Bertz CT molecular complexity index is 467. The Hall–Kier alpha value is -1.83. The third-order valence-corrected chi connectivity index (χ3v) is 2.71. The molecule has 0 N–H and O–H groups in total. The lowest BCUT2D eigenvalue weighted by Crippen LogP contribution is -1.97. The molecule has 0 aromatic heterocycles. The van der Waals surface area contributed by atoms with Gasteiger partial charge in [-0.3, -0.25) is 0 Å². The van der Waals surface area contributed by atoms with Gasteiger partial charge in [0.1, 0.15) is 11.9 Å². The highest BCUT2D eigenvalue weighted by molar-refractivity contribution is 5.31. The predicted molar refractivity (Wildman–Crippen MR) is 67.0 cm³/mol. The summed E-state index contributed by atoms with van der Waals surface area (Å²) in [5.74, 6) is 0.693. The first kappa shape index (κ1) is 11.6. The van der Waals surface area contributed by atoms with E-state index in [9.17, 15) is 4.39 Å². The largest absolute Gasteiger partial charge is 0.497 e. The molecule has 0 amide bonds. The number of ether oxygens (including phenoxy) is 1. The molecule has 17 heavy (non-hydrogen) atoms. The molecule has 0 bridgehead atoms. The van der Waals surface area contributed by atoms with Gasteiger partial charge in [0.25, 0.3) is 0 Å². The molecule has 0 saturated heterocycles. The quantitative estimate of drug-likeness (QED) is 0.772. The van der Waals surface area contributed by atoms with Crippen molar-refractivity contribution < 1.29 is 9.13 Å². The van der Waals surface area contributed by atoms with Crippen LogP contribution >= 0.6 is 0 Å². The van der Waals surface area contributed by atoms with Gasteiger partial charge >= 0.3 is 0 Å². The molecular formula is C15H15FO. The molecule has 0 radical (unpaired) electrons. The van der Waals surface area contributed by atoms with E-state index in [4.69, 9.17) is 4.74 Å². The van der Waals surface area contributed by atoms with Crippen molar-refractivity contribution in [3.8, 4) is 5.75 Å². The lowest BCUT2D eigenvalue weighted by molar-refractivity contribution is 0.340. The zero-order chi connectivity index (χ0) is 12.1. The van der Waals surface area contributed by atoms with Gasteiger partial charge < -0.3 is 4.74 Å². The van der Waals surface area contributed by atoms with Gasteiger partial charge in [-0.1, -0.05) is 42.5 Å². The maximum atomic E-state index is 14.1. The summed E-state index contributed by atoms with van der Waals surface area (Å²) in [4.78, 5) is 0. The third-order valence-electron chi connectivity index (χ3n) is 2.71. The van der Waals surface area contributed by atoms with Crippen LogP contribution < -0.4 is 4.74 Å². The third kappa shape index (κ3) is 3.06. The molecule has 0 aliphatic rings. The molecule has 2 rings (SSSR count). The van der Waals surface area contributed by atoms with Crippen molar-refractivity contribution >= 4 is 0 Å². The second-order valence-electron chi connectivity index (χ2n) is 3.93. The summed E-state index contributed by atoms with van der Waals surface area (Å²) in [6, 6.07) is 16.8. The lowest BCUT2D eigenvalue weighted by atomic mass is 10.0. The highest BCUT2D eigenvalue weighted by atomic mass is 19.1. The standard InChI is InChI=1S/C15H15FO/c1-17-14-9-5-8-13(11-14)15(16)10-12-6-3-2-4-7-12/h2-9,11,15H,10H2,1H3. The Morgan fingerprint density at radius 2 is 1.82 bits per heavy atom. The maximum absolute atomic E-state index is 14.1. The van der Waals surface area contributed by atoms with E-state index >= 15 is 0 Å². The molecular weight excluding hydrogens is 215 g/mol. The average Bonchev–Trinajstić information content (AvgIpc) is 2.40. The summed E-state index contributed by atoms with van der Waals surface area (Å²) in [5.41, 5.74) is 1.66. The topological polar surface area (TPSA) is 9.23 Å². The number of alkyl halides is 1. The second-order valence-corrected chi connectivity index (χ2v) is 3.93. The number of hydrogen-bond donors (Lipinski definition) is 0. The van der Waals surface area contributed by atoms with Crippen LogP contribution in [0.25, 0.3) is 0 Å². The molecule has 0 aliphatic carbocycles. The molecule has 2 heteroatoms. The van der Waals surface area contributed by atoms with Gasteiger partial charge in [-0.2, -0.15) is 0 Å². The summed E-state index contributed by atoms with van der Waals surface area (Å²) in [6.07, 6.45) is -0.596. The van der Waals surface area contributed by atoms with E-state index < -0.39 is 6.17 Å². The predicted octanol–water partition coefficient (Wildman–Crippen LogP) is 3.95. The van der Waals surface area contributed by atoms with Crippen LogP contribution in [-0.2, 0) is 6.42 Å². The van der Waals surface area contributed by atoms with E-state index in [1.807, 2.05) is 42.5 Å². The summed E-state index contributed by atoms with van der Waals surface area (Å²) in [5, 5.41) is 0. The summed E-state index contributed by atoms with van der Waals surface area (Å²) in [7, 11) is 1.59. The van der Waals surface area contributed by atoms with Crippen molar-refractivity contribution in [3.05, 3.63) is 65.7 Å². The fourth-order valence-electron chi connectivity index (χ4n) is 1.78. The fraction of sp³-hybridized carbons (Fsp3) is 0.200. The first-order valence-electron chi connectivity index (χ1n) is 5.61. The minimum atomic E-state index is -0.993. The van der Waals surface area contributed by atoms with Crippen molar-refractivity contribution in [2.75, 3.05) is 7.11 Å². The van der Waals surface area contributed by atoms with Gasteiger partial charge in [-0.05, 0) is 23.3 Å². The van der Waals surface area contributed by atoms with Gasteiger partial charge in [-0.15, -0.1) is 0 Å². The van der Waals surface area contributed by atoms with E-state index in [0.29, 0.717) is 17.7 Å². The van der Waals surface area contributed by atoms with Crippen molar-refractivity contribution in [2.45, 2.75) is 12.6 Å². The van der Waals surface area contributed by atoms with Gasteiger partial charge in [0.15, 0.2) is 0 Å². The molecule has 0 aliphatic heterocycles. The Morgan fingerprint density at radius 3 is 2.53 bits per heavy atom. The zero-order valence-corrected chi connectivity index (χ0v) is 9.77. The molecule has 1 atom stereocenters. The van der Waals surface area contributed by atoms with Gasteiger partial charge in [0.2, 0.25) is 0 Å². The number of halogens is 1. The van der Waals surface area contributed by atoms with E-state index in [1.54, 1.807) is 19.2 Å². The molecule has 2 aromatic rings. The average molecular weight is 230 g/mol. The number of methoxy groups -OCH3 is 1. The van der Waals surface area contributed by atoms with Crippen LogP contribution in [0.5, 0.6) is 5.75 Å². The summed E-state index contributed by atoms with van der Waals surface area (Å²) < 4.78 is 19.2. The number of hydrogen-bond acceptors (Lipinski definition) is 1. The summed E-state index contributed by atoms with van der Waals surface area (Å²) >= 11 is 0. The van der Waals surface area contributed by atoms with Gasteiger partial charge in [-0.25, -0.2) is 4.39 Å². The highest BCUT2D eigenvalue weighted by Crippen LogP contribution is 2.25. The van der Waals surface area contributed by atoms with Crippen LogP contribution in [0.2, 0.25) is 0 Å². The van der Waals surface area contributed by atoms with Crippen molar-refractivity contribution in [2.24, 2.45) is 0 Å². The Morgan fingerprint density at radius 1 is 1.06 bits per heavy atom. The van der Waals surface area contributed by atoms with E-state index in [1.165, 1.54) is 0 Å². The highest BCUT2D eigenvalue weighted by Gasteiger charge is 2.11.